The highest BCUT2D eigenvalue weighted by atomic mass is 16.5. The first kappa shape index (κ1) is 24.4. The number of unbranched alkanes of at least 4 members (excludes halogenated alkanes) is 2. The SMILES string of the molecule is CCCCCC1CCCCCCc2cc1c(C=C1N=C(c3ccc[nH]3)C=C1OCc1ccccc1)[nH]2. The van der Waals surface area contributed by atoms with Gasteiger partial charge in [-0.15, -0.1) is 0 Å². The molecule has 2 bridgehead atoms. The molecule has 4 heteroatoms. The first-order chi connectivity index (χ1) is 17.8. The standard InChI is InChI=1S/C32H39N3O/c1-2-3-7-15-25-16-10-4-5-11-17-26-20-27(25)29(34-26)21-31-32(36-23-24-13-8-6-9-14-24)22-30(35-31)28-18-12-19-33-28/h6,8-9,12-14,18-22,25,33-34H,2-5,7,10-11,15-17,23H2,1H3. The van der Waals surface area contributed by atoms with Crippen molar-refractivity contribution in [1.82, 2.24) is 9.97 Å². The Morgan fingerprint density at radius 2 is 1.92 bits per heavy atom. The van der Waals surface area contributed by atoms with Crippen LogP contribution in [0, 0.1) is 0 Å². The molecule has 2 aliphatic rings. The highest BCUT2D eigenvalue weighted by Gasteiger charge is 2.22. The van der Waals surface area contributed by atoms with E-state index in [1.807, 2.05) is 18.3 Å². The number of ether oxygens (including phenoxy) is 1. The summed E-state index contributed by atoms with van der Waals surface area (Å²) in [7, 11) is 0. The zero-order valence-electron chi connectivity index (χ0n) is 21.6. The van der Waals surface area contributed by atoms with Crippen LogP contribution in [-0.4, -0.2) is 15.7 Å². The quantitative estimate of drug-likeness (QED) is 0.296. The third kappa shape index (κ3) is 6.10. The second-order valence-corrected chi connectivity index (χ2v) is 10.2. The molecule has 2 aromatic heterocycles. The molecule has 2 N–H and O–H groups in total. The lowest BCUT2D eigenvalue weighted by Gasteiger charge is -2.18. The molecule has 4 nitrogen and oxygen atoms in total. The maximum Gasteiger partial charge on any atom is 0.147 e. The summed E-state index contributed by atoms with van der Waals surface area (Å²) in [6.07, 6.45) is 19.1. The topological polar surface area (TPSA) is 53.2 Å². The number of hydrogen-bond acceptors (Lipinski definition) is 2. The Labute approximate surface area is 215 Å². The van der Waals surface area contributed by atoms with E-state index in [9.17, 15) is 0 Å². The molecular formula is C32H39N3O. The van der Waals surface area contributed by atoms with Crippen LogP contribution in [0.3, 0.4) is 0 Å². The molecule has 1 aromatic carbocycles. The number of rotatable bonds is 9. The minimum atomic E-state index is 0.528. The summed E-state index contributed by atoms with van der Waals surface area (Å²) in [5, 5.41) is 0. The van der Waals surface area contributed by atoms with Crippen molar-refractivity contribution in [2.75, 3.05) is 0 Å². The Bertz CT molecular complexity index is 1200. The summed E-state index contributed by atoms with van der Waals surface area (Å²) in [5.41, 5.74) is 8.03. The van der Waals surface area contributed by atoms with Crippen LogP contribution in [0.15, 0.2) is 77.3 Å². The Morgan fingerprint density at radius 1 is 1.03 bits per heavy atom. The first-order valence-corrected chi connectivity index (χ1v) is 13.8. The molecule has 5 rings (SSSR count). The Hall–Kier alpha value is -3.27. The number of aryl methyl sites for hydroxylation is 1. The fraction of sp³-hybridized carbons (Fsp3) is 0.406. The molecule has 1 unspecified atom stereocenters. The van der Waals surface area contributed by atoms with Crippen molar-refractivity contribution >= 4 is 11.8 Å². The highest BCUT2D eigenvalue weighted by Crippen LogP contribution is 2.35. The maximum absolute atomic E-state index is 6.34. The van der Waals surface area contributed by atoms with Crippen molar-refractivity contribution in [3.05, 3.63) is 100 Å². The maximum atomic E-state index is 6.34. The molecule has 0 spiro atoms. The molecule has 0 amide bonds. The summed E-state index contributed by atoms with van der Waals surface area (Å²) in [6, 6.07) is 16.9. The molecule has 1 atom stereocenters. The number of aromatic amines is 2. The van der Waals surface area contributed by atoms with E-state index in [4.69, 9.17) is 9.73 Å². The second kappa shape index (κ2) is 12.1. The highest BCUT2D eigenvalue weighted by molar-refractivity contribution is 6.11. The lowest BCUT2D eigenvalue weighted by atomic mass is 9.87. The van der Waals surface area contributed by atoms with E-state index in [0.717, 1.165) is 34.8 Å². The largest absolute Gasteiger partial charge is 0.487 e. The molecule has 3 heterocycles. The summed E-state index contributed by atoms with van der Waals surface area (Å²) in [4.78, 5) is 12.1. The van der Waals surface area contributed by atoms with Crippen molar-refractivity contribution in [1.29, 1.82) is 0 Å². The average molecular weight is 482 g/mol. The summed E-state index contributed by atoms with van der Waals surface area (Å²) >= 11 is 0. The number of aromatic nitrogens is 2. The van der Waals surface area contributed by atoms with Crippen molar-refractivity contribution in [3.63, 3.8) is 0 Å². The fourth-order valence-electron chi connectivity index (χ4n) is 5.43. The Morgan fingerprint density at radius 3 is 2.75 bits per heavy atom. The third-order valence-corrected chi connectivity index (χ3v) is 7.43. The van der Waals surface area contributed by atoms with Gasteiger partial charge in [0.1, 0.15) is 18.1 Å². The molecule has 0 fully saturated rings. The van der Waals surface area contributed by atoms with Crippen molar-refractivity contribution in [3.8, 4) is 0 Å². The number of benzene rings is 1. The van der Waals surface area contributed by atoms with E-state index in [0.29, 0.717) is 12.5 Å². The Kier molecular flexibility index (Phi) is 8.22. The van der Waals surface area contributed by atoms with E-state index in [2.05, 4.69) is 65.4 Å². The van der Waals surface area contributed by atoms with Gasteiger partial charge >= 0.3 is 0 Å². The van der Waals surface area contributed by atoms with Gasteiger partial charge in [-0.2, -0.15) is 0 Å². The van der Waals surface area contributed by atoms with E-state index >= 15 is 0 Å². The number of allylic oxidation sites excluding steroid dienone is 1. The summed E-state index contributed by atoms with van der Waals surface area (Å²) in [6.45, 7) is 2.82. The Balaban J connectivity index is 1.47. The minimum Gasteiger partial charge on any atom is -0.487 e. The lowest BCUT2D eigenvalue weighted by Crippen LogP contribution is -2.02. The van der Waals surface area contributed by atoms with E-state index in [1.165, 1.54) is 74.7 Å². The second-order valence-electron chi connectivity index (χ2n) is 10.2. The average Bonchev–Trinajstić information content (AvgIpc) is 3.65. The van der Waals surface area contributed by atoms with Gasteiger partial charge in [-0.3, -0.25) is 0 Å². The van der Waals surface area contributed by atoms with Crippen LogP contribution in [-0.2, 0) is 17.8 Å². The normalized spacial score (nSPS) is 19.2. The number of nitrogens with zero attached hydrogens (tertiary/aromatic N) is 1. The van der Waals surface area contributed by atoms with Gasteiger partial charge in [0.2, 0.25) is 0 Å². The van der Waals surface area contributed by atoms with Gasteiger partial charge in [0.25, 0.3) is 0 Å². The molecule has 1 aliphatic heterocycles. The number of nitrogens with one attached hydrogen (secondary N) is 2. The van der Waals surface area contributed by atoms with E-state index in [1.54, 1.807) is 0 Å². The molecular weight excluding hydrogens is 442 g/mol. The number of aliphatic imine (C=N–C) groups is 1. The molecule has 0 saturated heterocycles. The number of fused-ring (bicyclic) bond motifs is 2. The van der Waals surface area contributed by atoms with Crippen LogP contribution in [0.5, 0.6) is 0 Å². The zero-order valence-corrected chi connectivity index (χ0v) is 21.6. The van der Waals surface area contributed by atoms with Crippen LogP contribution in [0.25, 0.3) is 6.08 Å². The number of H-pyrrole nitrogens is 2. The first-order valence-electron chi connectivity index (χ1n) is 13.8. The molecule has 36 heavy (non-hydrogen) atoms. The van der Waals surface area contributed by atoms with E-state index < -0.39 is 0 Å². The van der Waals surface area contributed by atoms with Gasteiger partial charge in [0, 0.05) is 23.7 Å². The van der Waals surface area contributed by atoms with Gasteiger partial charge in [-0.05, 0) is 67.0 Å². The van der Waals surface area contributed by atoms with Crippen molar-refractivity contribution in [2.24, 2.45) is 4.99 Å². The van der Waals surface area contributed by atoms with Crippen LogP contribution in [0.2, 0.25) is 0 Å². The molecule has 188 valence electrons. The lowest BCUT2D eigenvalue weighted by molar-refractivity contribution is 0.208. The van der Waals surface area contributed by atoms with Gasteiger partial charge < -0.3 is 14.7 Å². The van der Waals surface area contributed by atoms with Gasteiger partial charge in [-0.25, -0.2) is 4.99 Å². The molecule has 0 radical (unpaired) electrons. The number of hydrogen-bond donors (Lipinski definition) is 2. The molecule has 1 aliphatic carbocycles. The fourth-order valence-corrected chi connectivity index (χ4v) is 5.43. The van der Waals surface area contributed by atoms with Gasteiger partial charge in [0.15, 0.2) is 0 Å². The molecule has 0 saturated carbocycles. The monoisotopic (exact) mass is 481 g/mol. The minimum absolute atomic E-state index is 0.528. The van der Waals surface area contributed by atoms with Gasteiger partial charge in [0.05, 0.1) is 11.4 Å². The molecule has 3 aromatic rings. The predicted molar refractivity (Wildman–Crippen MR) is 149 cm³/mol. The summed E-state index contributed by atoms with van der Waals surface area (Å²) in [5.74, 6) is 1.44. The zero-order chi connectivity index (χ0) is 24.6. The third-order valence-electron chi connectivity index (χ3n) is 7.43. The van der Waals surface area contributed by atoms with Crippen LogP contribution in [0.4, 0.5) is 0 Å². The van der Waals surface area contributed by atoms with Crippen molar-refractivity contribution in [2.45, 2.75) is 83.7 Å². The van der Waals surface area contributed by atoms with Crippen LogP contribution < -0.4 is 0 Å². The van der Waals surface area contributed by atoms with E-state index in [-0.39, 0.29) is 0 Å². The smallest absolute Gasteiger partial charge is 0.147 e. The van der Waals surface area contributed by atoms with Crippen LogP contribution in [0.1, 0.15) is 98.8 Å². The van der Waals surface area contributed by atoms with Crippen LogP contribution >= 0.6 is 0 Å². The van der Waals surface area contributed by atoms with Gasteiger partial charge in [-0.1, -0.05) is 75.8 Å². The summed E-state index contributed by atoms with van der Waals surface area (Å²) < 4.78 is 6.34. The predicted octanol–water partition coefficient (Wildman–Crippen LogP) is 8.46. The van der Waals surface area contributed by atoms with Crippen molar-refractivity contribution < 1.29 is 4.74 Å².